The highest BCUT2D eigenvalue weighted by Crippen LogP contribution is 2.10. The Hall–Kier alpha value is -2.78. The summed E-state index contributed by atoms with van der Waals surface area (Å²) in [6.45, 7) is 3.40. The van der Waals surface area contributed by atoms with E-state index in [4.69, 9.17) is 4.74 Å². The first-order valence-corrected chi connectivity index (χ1v) is 8.72. The van der Waals surface area contributed by atoms with E-state index in [1.165, 1.54) is 12.1 Å². The van der Waals surface area contributed by atoms with Crippen molar-refractivity contribution in [2.45, 2.75) is 24.8 Å². The van der Waals surface area contributed by atoms with Crippen molar-refractivity contribution in [3.05, 3.63) is 65.7 Å². The predicted molar refractivity (Wildman–Crippen MR) is 90.8 cm³/mol. The Bertz CT molecular complexity index is 863. The van der Waals surface area contributed by atoms with Gasteiger partial charge >= 0.3 is 6.09 Å². The number of hydrogen-bond donors (Lipinski definition) is 1. The molecular formula is C18H17NO4S. The fourth-order valence-corrected chi connectivity index (χ4v) is 2.69. The number of carbonyl (C=O) groups is 1. The van der Waals surface area contributed by atoms with E-state index >= 15 is 0 Å². The SMILES string of the molecule is Cc1ccc(S(=O)(=O)NC(=O)OC(C)C#Cc2ccccc2)cc1. The van der Waals surface area contributed by atoms with Crippen molar-refractivity contribution in [2.24, 2.45) is 0 Å². The summed E-state index contributed by atoms with van der Waals surface area (Å²) in [5, 5.41) is 0. The third-order valence-corrected chi connectivity index (χ3v) is 4.35. The highest BCUT2D eigenvalue weighted by atomic mass is 32.2. The summed E-state index contributed by atoms with van der Waals surface area (Å²) < 4.78 is 30.9. The van der Waals surface area contributed by atoms with Gasteiger partial charge in [0.2, 0.25) is 0 Å². The monoisotopic (exact) mass is 343 g/mol. The molecular weight excluding hydrogens is 326 g/mol. The molecule has 0 radical (unpaired) electrons. The standard InChI is InChI=1S/C18H17NO4S/c1-14-8-12-17(13-9-14)24(21,22)19-18(20)23-15(2)10-11-16-6-4-3-5-7-16/h3-9,12-13,15H,1-2H3,(H,19,20). The maximum atomic E-state index is 12.1. The summed E-state index contributed by atoms with van der Waals surface area (Å²) in [6.07, 6.45) is -1.82. The lowest BCUT2D eigenvalue weighted by molar-refractivity contribution is 0.136. The number of rotatable bonds is 3. The minimum absolute atomic E-state index is 0.00641. The van der Waals surface area contributed by atoms with Crippen LogP contribution in [-0.4, -0.2) is 20.6 Å². The third kappa shape index (κ3) is 5.14. The van der Waals surface area contributed by atoms with E-state index in [2.05, 4.69) is 11.8 Å². The van der Waals surface area contributed by atoms with Crippen LogP contribution in [0.5, 0.6) is 0 Å². The molecule has 1 amide bonds. The lowest BCUT2D eigenvalue weighted by Crippen LogP contribution is -2.33. The van der Waals surface area contributed by atoms with Crippen molar-refractivity contribution in [3.8, 4) is 11.8 Å². The molecule has 0 fully saturated rings. The van der Waals surface area contributed by atoms with Crippen LogP contribution < -0.4 is 4.72 Å². The van der Waals surface area contributed by atoms with Gasteiger partial charge in [-0.3, -0.25) is 0 Å². The van der Waals surface area contributed by atoms with Gasteiger partial charge in [-0.25, -0.2) is 17.9 Å². The highest BCUT2D eigenvalue weighted by molar-refractivity contribution is 7.90. The number of sulfonamides is 1. The second-order valence-electron chi connectivity index (χ2n) is 5.10. The van der Waals surface area contributed by atoms with Crippen LogP contribution in [0.4, 0.5) is 4.79 Å². The lowest BCUT2D eigenvalue weighted by Gasteiger charge is -2.10. The Kier molecular flexibility index (Phi) is 5.61. The first-order chi connectivity index (χ1) is 11.4. The first kappa shape index (κ1) is 17.6. The van der Waals surface area contributed by atoms with Crippen LogP contribution >= 0.6 is 0 Å². The van der Waals surface area contributed by atoms with Gasteiger partial charge in [0.05, 0.1) is 4.90 Å². The minimum Gasteiger partial charge on any atom is -0.433 e. The van der Waals surface area contributed by atoms with Crippen LogP contribution in [0.3, 0.4) is 0 Å². The van der Waals surface area contributed by atoms with Crippen LogP contribution in [0, 0.1) is 18.8 Å². The summed E-state index contributed by atoms with van der Waals surface area (Å²) in [7, 11) is -3.96. The average molecular weight is 343 g/mol. The summed E-state index contributed by atoms with van der Waals surface area (Å²) in [5.74, 6) is 5.58. The molecule has 0 bridgehead atoms. The van der Waals surface area contributed by atoms with Crippen molar-refractivity contribution in [1.29, 1.82) is 0 Å². The number of nitrogens with one attached hydrogen (secondary N) is 1. The molecule has 1 N–H and O–H groups in total. The number of benzene rings is 2. The smallest absolute Gasteiger partial charge is 0.422 e. The molecule has 2 aromatic rings. The quantitative estimate of drug-likeness (QED) is 0.870. The number of amides is 1. The molecule has 124 valence electrons. The topological polar surface area (TPSA) is 72.5 Å². The van der Waals surface area contributed by atoms with E-state index < -0.39 is 22.2 Å². The zero-order valence-corrected chi connectivity index (χ0v) is 14.1. The van der Waals surface area contributed by atoms with E-state index in [1.54, 1.807) is 19.1 Å². The van der Waals surface area contributed by atoms with Crippen molar-refractivity contribution < 1.29 is 17.9 Å². The Morgan fingerprint density at radius 2 is 1.71 bits per heavy atom. The molecule has 6 heteroatoms. The molecule has 2 aromatic carbocycles. The van der Waals surface area contributed by atoms with Gasteiger partial charge in [-0.15, -0.1) is 0 Å². The molecule has 0 aliphatic carbocycles. The second kappa shape index (κ2) is 7.66. The predicted octanol–water partition coefficient (Wildman–Crippen LogP) is 2.85. The molecule has 0 aliphatic heterocycles. The van der Waals surface area contributed by atoms with Gasteiger partial charge in [0.25, 0.3) is 10.0 Å². The van der Waals surface area contributed by atoms with Crippen LogP contribution in [0.1, 0.15) is 18.1 Å². The van der Waals surface area contributed by atoms with Crippen molar-refractivity contribution >= 4 is 16.1 Å². The summed E-state index contributed by atoms with van der Waals surface area (Å²) in [4.78, 5) is 11.7. The Balaban J connectivity index is 1.97. The third-order valence-electron chi connectivity index (χ3n) is 3.03. The van der Waals surface area contributed by atoms with Gasteiger partial charge in [-0.05, 0) is 38.1 Å². The van der Waals surface area contributed by atoms with Crippen molar-refractivity contribution in [1.82, 2.24) is 4.72 Å². The fourth-order valence-electron chi connectivity index (χ4n) is 1.81. The zero-order valence-electron chi connectivity index (χ0n) is 13.3. The molecule has 5 nitrogen and oxygen atoms in total. The maximum Gasteiger partial charge on any atom is 0.422 e. The van der Waals surface area contributed by atoms with Gasteiger partial charge in [0, 0.05) is 5.56 Å². The van der Waals surface area contributed by atoms with Crippen LogP contribution in [0.25, 0.3) is 0 Å². The normalized spacial score (nSPS) is 11.8. The van der Waals surface area contributed by atoms with E-state index in [-0.39, 0.29) is 4.90 Å². The van der Waals surface area contributed by atoms with Crippen LogP contribution in [0.2, 0.25) is 0 Å². The minimum atomic E-state index is -3.96. The van der Waals surface area contributed by atoms with Gasteiger partial charge in [0.15, 0.2) is 6.10 Å². The number of hydrogen-bond acceptors (Lipinski definition) is 4. The van der Waals surface area contributed by atoms with E-state index in [0.717, 1.165) is 11.1 Å². The molecule has 0 saturated heterocycles. The average Bonchev–Trinajstić information content (AvgIpc) is 2.53. The molecule has 0 saturated carbocycles. The largest absolute Gasteiger partial charge is 0.433 e. The van der Waals surface area contributed by atoms with E-state index in [0.29, 0.717) is 0 Å². The van der Waals surface area contributed by atoms with Gasteiger partial charge < -0.3 is 4.74 Å². The summed E-state index contributed by atoms with van der Waals surface area (Å²) in [5.41, 5.74) is 1.70. The van der Waals surface area contributed by atoms with Gasteiger partial charge in [0.1, 0.15) is 0 Å². The van der Waals surface area contributed by atoms with Crippen molar-refractivity contribution in [3.63, 3.8) is 0 Å². The molecule has 0 spiro atoms. The first-order valence-electron chi connectivity index (χ1n) is 7.23. The Morgan fingerprint density at radius 3 is 2.33 bits per heavy atom. The molecule has 0 aromatic heterocycles. The summed E-state index contributed by atoms with van der Waals surface area (Å²) >= 11 is 0. The van der Waals surface area contributed by atoms with E-state index in [9.17, 15) is 13.2 Å². The number of aryl methyl sites for hydroxylation is 1. The Morgan fingerprint density at radius 1 is 1.08 bits per heavy atom. The molecule has 0 aliphatic rings. The van der Waals surface area contributed by atoms with Gasteiger partial charge in [-0.1, -0.05) is 47.7 Å². The highest BCUT2D eigenvalue weighted by Gasteiger charge is 2.19. The van der Waals surface area contributed by atoms with E-state index in [1.807, 2.05) is 42.0 Å². The van der Waals surface area contributed by atoms with Crippen LogP contribution in [0.15, 0.2) is 59.5 Å². The number of carbonyl (C=O) groups excluding carboxylic acids is 1. The number of ether oxygens (including phenoxy) is 1. The molecule has 2 rings (SSSR count). The maximum absolute atomic E-state index is 12.1. The molecule has 1 unspecified atom stereocenters. The second-order valence-corrected chi connectivity index (χ2v) is 6.78. The molecule has 24 heavy (non-hydrogen) atoms. The molecule has 1 atom stereocenters. The lowest BCUT2D eigenvalue weighted by atomic mass is 10.2. The molecule has 0 heterocycles. The Labute approximate surface area is 141 Å². The summed E-state index contributed by atoms with van der Waals surface area (Å²) in [6, 6.07) is 15.3. The van der Waals surface area contributed by atoms with Crippen LogP contribution in [-0.2, 0) is 14.8 Å². The fraction of sp³-hybridized carbons (Fsp3) is 0.167. The van der Waals surface area contributed by atoms with Gasteiger partial charge in [-0.2, -0.15) is 0 Å². The van der Waals surface area contributed by atoms with Crippen molar-refractivity contribution in [2.75, 3.05) is 0 Å². The zero-order chi connectivity index (χ0) is 17.6.